The standard InChI is InChI=1S/C25H38N4O.ClH/c1-2-3-4-5-6-7-8-9-10-11-12-14-20-15-13-16-21(19-20)22-28-24(30-29-22)25(17-18-25)23(26)27;/h13,15-16,19H,2-12,14,17-18H2,1H3,(H3,26,27);1H. The second-order valence-corrected chi connectivity index (χ2v) is 8.90. The Labute approximate surface area is 193 Å². The Morgan fingerprint density at radius 1 is 1.00 bits per heavy atom. The van der Waals surface area contributed by atoms with E-state index in [-0.39, 0.29) is 18.2 Å². The van der Waals surface area contributed by atoms with E-state index in [0.717, 1.165) is 24.8 Å². The maximum absolute atomic E-state index is 7.78. The summed E-state index contributed by atoms with van der Waals surface area (Å²) in [6.07, 6.45) is 17.8. The van der Waals surface area contributed by atoms with Crippen LogP contribution in [0, 0.1) is 5.41 Å². The topological polar surface area (TPSA) is 88.8 Å². The summed E-state index contributed by atoms with van der Waals surface area (Å²) in [5, 5.41) is 11.9. The molecule has 2 aromatic rings. The molecule has 3 N–H and O–H groups in total. The molecule has 3 rings (SSSR count). The first-order chi connectivity index (χ1) is 14.7. The van der Waals surface area contributed by atoms with Gasteiger partial charge in [0.2, 0.25) is 11.7 Å². The summed E-state index contributed by atoms with van der Waals surface area (Å²) in [5.41, 5.74) is 7.52. The lowest BCUT2D eigenvalue weighted by Crippen LogP contribution is -2.27. The van der Waals surface area contributed by atoms with E-state index in [4.69, 9.17) is 15.7 Å². The van der Waals surface area contributed by atoms with Gasteiger partial charge in [0.15, 0.2) is 0 Å². The van der Waals surface area contributed by atoms with Crippen LogP contribution in [0.1, 0.15) is 102 Å². The molecule has 0 bridgehead atoms. The molecular weight excluding hydrogens is 408 g/mol. The van der Waals surface area contributed by atoms with Gasteiger partial charge in [-0.3, -0.25) is 5.41 Å². The maximum Gasteiger partial charge on any atom is 0.240 e. The van der Waals surface area contributed by atoms with Gasteiger partial charge in [0.25, 0.3) is 0 Å². The number of rotatable bonds is 15. The zero-order valence-electron chi connectivity index (χ0n) is 19.0. The third-order valence-electron chi connectivity index (χ3n) is 6.36. The van der Waals surface area contributed by atoms with Crippen LogP contribution in [0.25, 0.3) is 11.4 Å². The molecule has 0 spiro atoms. The van der Waals surface area contributed by atoms with Crippen molar-refractivity contribution < 1.29 is 4.52 Å². The normalized spacial score (nSPS) is 14.2. The molecule has 172 valence electrons. The highest BCUT2D eigenvalue weighted by molar-refractivity contribution is 5.91. The molecule has 1 aromatic heterocycles. The fourth-order valence-corrected chi connectivity index (χ4v) is 4.12. The van der Waals surface area contributed by atoms with Gasteiger partial charge in [0, 0.05) is 5.56 Å². The van der Waals surface area contributed by atoms with E-state index in [1.165, 1.54) is 76.2 Å². The van der Waals surface area contributed by atoms with Gasteiger partial charge in [-0.15, -0.1) is 12.4 Å². The molecule has 1 aromatic carbocycles. The van der Waals surface area contributed by atoms with E-state index in [1.54, 1.807) is 0 Å². The van der Waals surface area contributed by atoms with Crippen molar-refractivity contribution in [3.05, 3.63) is 35.7 Å². The largest absolute Gasteiger partial charge is 0.387 e. The van der Waals surface area contributed by atoms with Crippen LogP contribution in [0.5, 0.6) is 0 Å². The maximum atomic E-state index is 7.78. The Morgan fingerprint density at radius 3 is 2.19 bits per heavy atom. The molecule has 0 radical (unpaired) electrons. The first kappa shape index (κ1) is 25.4. The van der Waals surface area contributed by atoms with E-state index in [2.05, 4.69) is 35.3 Å². The average Bonchev–Trinajstić information content (AvgIpc) is 3.42. The predicted octanol–water partition coefficient (Wildman–Crippen LogP) is 6.98. The molecular formula is C25H39ClN4O. The number of benzene rings is 1. The Hall–Kier alpha value is -1.88. The van der Waals surface area contributed by atoms with E-state index in [0.29, 0.717) is 11.7 Å². The fraction of sp³-hybridized carbons (Fsp3) is 0.640. The lowest BCUT2D eigenvalue weighted by Gasteiger charge is -2.06. The fourth-order valence-electron chi connectivity index (χ4n) is 4.12. The molecule has 5 nitrogen and oxygen atoms in total. The molecule has 1 saturated carbocycles. The van der Waals surface area contributed by atoms with Gasteiger partial charge in [-0.1, -0.05) is 94.5 Å². The Kier molecular flexibility index (Phi) is 10.5. The van der Waals surface area contributed by atoms with Crippen LogP contribution in [-0.2, 0) is 11.8 Å². The van der Waals surface area contributed by atoms with Crippen molar-refractivity contribution in [2.75, 3.05) is 0 Å². The molecule has 31 heavy (non-hydrogen) atoms. The zero-order valence-corrected chi connectivity index (χ0v) is 19.8. The van der Waals surface area contributed by atoms with Gasteiger partial charge in [0.1, 0.15) is 11.3 Å². The minimum atomic E-state index is -0.502. The van der Waals surface area contributed by atoms with Crippen LogP contribution in [0.3, 0.4) is 0 Å². The number of unbranched alkanes of at least 4 members (excludes halogenated alkanes) is 10. The first-order valence-corrected chi connectivity index (χ1v) is 11.9. The van der Waals surface area contributed by atoms with E-state index in [9.17, 15) is 0 Å². The highest BCUT2D eigenvalue weighted by Gasteiger charge is 2.52. The van der Waals surface area contributed by atoms with E-state index in [1.807, 2.05) is 6.07 Å². The lowest BCUT2D eigenvalue weighted by atomic mass is 10.0. The Bertz CT molecular complexity index is 800. The lowest BCUT2D eigenvalue weighted by molar-refractivity contribution is 0.367. The first-order valence-electron chi connectivity index (χ1n) is 11.9. The van der Waals surface area contributed by atoms with E-state index < -0.39 is 5.41 Å². The summed E-state index contributed by atoms with van der Waals surface area (Å²) >= 11 is 0. The van der Waals surface area contributed by atoms with Crippen molar-refractivity contribution in [2.24, 2.45) is 5.73 Å². The number of amidine groups is 1. The van der Waals surface area contributed by atoms with Gasteiger partial charge in [-0.25, -0.2) is 0 Å². The molecule has 0 saturated heterocycles. The number of halogens is 1. The van der Waals surface area contributed by atoms with Crippen molar-refractivity contribution in [3.63, 3.8) is 0 Å². The minimum absolute atomic E-state index is 0. The Morgan fingerprint density at radius 2 is 1.61 bits per heavy atom. The highest BCUT2D eigenvalue weighted by Crippen LogP contribution is 2.47. The van der Waals surface area contributed by atoms with Crippen molar-refractivity contribution in [1.82, 2.24) is 10.1 Å². The number of nitrogens with one attached hydrogen (secondary N) is 1. The molecule has 1 aliphatic carbocycles. The van der Waals surface area contributed by atoms with Crippen molar-refractivity contribution in [2.45, 2.75) is 102 Å². The van der Waals surface area contributed by atoms with Crippen LogP contribution in [0.4, 0.5) is 0 Å². The third-order valence-corrected chi connectivity index (χ3v) is 6.36. The molecule has 1 fully saturated rings. The summed E-state index contributed by atoms with van der Waals surface area (Å²) in [4.78, 5) is 4.54. The Balaban J connectivity index is 0.00000341. The molecule has 1 heterocycles. The van der Waals surface area contributed by atoms with Gasteiger partial charge in [-0.05, 0) is 37.3 Å². The van der Waals surface area contributed by atoms with Gasteiger partial charge < -0.3 is 10.3 Å². The number of aryl methyl sites for hydroxylation is 1. The van der Waals surface area contributed by atoms with Gasteiger partial charge >= 0.3 is 0 Å². The number of aromatic nitrogens is 2. The quantitative estimate of drug-likeness (QED) is 0.175. The second kappa shape index (κ2) is 12.8. The number of hydrogen-bond donors (Lipinski definition) is 2. The highest BCUT2D eigenvalue weighted by atomic mass is 35.5. The molecule has 0 atom stereocenters. The van der Waals surface area contributed by atoms with E-state index >= 15 is 0 Å². The zero-order chi connectivity index (χ0) is 21.2. The summed E-state index contributed by atoms with van der Waals surface area (Å²) < 4.78 is 5.44. The van der Waals surface area contributed by atoms with Crippen molar-refractivity contribution >= 4 is 18.2 Å². The molecule has 0 unspecified atom stereocenters. The van der Waals surface area contributed by atoms with Crippen molar-refractivity contribution in [1.29, 1.82) is 5.41 Å². The number of nitrogens with two attached hydrogens (primary N) is 1. The summed E-state index contributed by atoms with van der Waals surface area (Å²) in [7, 11) is 0. The summed E-state index contributed by atoms with van der Waals surface area (Å²) in [5.74, 6) is 1.21. The van der Waals surface area contributed by atoms with Crippen LogP contribution in [0.15, 0.2) is 28.8 Å². The second-order valence-electron chi connectivity index (χ2n) is 8.90. The molecule has 0 aliphatic heterocycles. The number of nitrogens with zero attached hydrogens (tertiary/aromatic N) is 2. The number of hydrogen-bond acceptors (Lipinski definition) is 4. The van der Waals surface area contributed by atoms with Crippen LogP contribution < -0.4 is 5.73 Å². The minimum Gasteiger partial charge on any atom is -0.387 e. The molecule has 6 heteroatoms. The van der Waals surface area contributed by atoms with Crippen molar-refractivity contribution in [3.8, 4) is 11.4 Å². The average molecular weight is 447 g/mol. The van der Waals surface area contributed by atoms with Crippen LogP contribution in [-0.4, -0.2) is 16.0 Å². The van der Waals surface area contributed by atoms with Crippen LogP contribution >= 0.6 is 12.4 Å². The predicted molar refractivity (Wildman–Crippen MR) is 130 cm³/mol. The molecule has 0 amide bonds. The molecule has 1 aliphatic rings. The van der Waals surface area contributed by atoms with Gasteiger partial charge in [0.05, 0.1) is 0 Å². The third kappa shape index (κ3) is 7.34. The smallest absolute Gasteiger partial charge is 0.240 e. The summed E-state index contributed by atoms with van der Waals surface area (Å²) in [6.45, 7) is 2.27. The monoisotopic (exact) mass is 446 g/mol. The summed E-state index contributed by atoms with van der Waals surface area (Å²) in [6, 6.07) is 8.43. The van der Waals surface area contributed by atoms with Crippen LogP contribution in [0.2, 0.25) is 0 Å². The SMILES string of the molecule is CCCCCCCCCCCCCc1cccc(-c2noc(C3(C(=N)N)CC3)n2)c1.Cl. The van der Waals surface area contributed by atoms with Gasteiger partial charge in [-0.2, -0.15) is 4.98 Å².